The second-order valence-electron chi connectivity index (χ2n) is 6.23. The van der Waals surface area contributed by atoms with E-state index in [-0.39, 0.29) is 4.90 Å². The van der Waals surface area contributed by atoms with Gasteiger partial charge < -0.3 is 0 Å². The SMILES string of the molecule is Cc1cccc(-c2ccc(S(=O)(=O)NS(=O)(=O)Cc3ccccc3)cc2)c1. The summed E-state index contributed by atoms with van der Waals surface area (Å²) < 4.78 is 51.2. The molecule has 0 aromatic heterocycles. The first-order valence-corrected chi connectivity index (χ1v) is 11.4. The zero-order valence-corrected chi connectivity index (χ0v) is 16.3. The van der Waals surface area contributed by atoms with E-state index < -0.39 is 25.8 Å². The average Bonchev–Trinajstić information content (AvgIpc) is 2.61. The van der Waals surface area contributed by atoms with Crippen LogP contribution in [0.25, 0.3) is 11.1 Å². The third-order valence-electron chi connectivity index (χ3n) is 3.95. The Morgan fingerprint density at radius 2 is 1.41 bits per heavy atom. The van der Waals surface area contributed by atoms with Crippen molar-refractivity contribution >= 4 is 20.0 Å². The van der Waals surface area contributed by atoms with Crippen molar-refractivity contribution in [2.24, 2.45) is 0 Å². The molecule has 1 N–H and O–H groups in total. The van der Waals surface area contributed by atoms with E-state index in [1.54, 1.807) is 42.5 Å². The van der Waals surface area contributed by atoms with Crippen molar-refractivity contribution in [1.29, 1.82) is 0 Å². The van der Waals surface area contributed by atoms with Gasteiger partial charge in [0.25, 0.3) is 10.0 Å². The van der Waals surface area contributed by atoms with Crippen LogP contribution < -0.4 is 4.13 Å². The van der Waals surface area contributed by atoms with Gasteiger partial charge in [-0.3, -0.25) is 0 Å². The minimum Gasteiger partial charge on any atom is -0.211 e. The van der Waals surface area contributed by atoms with Gasteiger partial charge in [-0.1, -0.05) is 72.3 Å². The summed E-state index contributed by atoms with van der Waals surface area (Å²) >= 11 is 0. The number of nitrogens with one attached hydrogen (secondary N) is 1. The van der Waals surface area contributed by atoms with Crippen molar-refractivity contribution in [3.63, 3.8) is 0 Å². The number of sulfonamides is 2. The molecule has 0 aliphatic heterocycles. The Bertz CT molecular complexity index is 1140. The van der Waals surface area contributed by atoms with E-state index >= 15 is 0 Å². The molecule has 0 fully saturated rings. The third-order valence-corrected chi connectivity index (χ3v) is 7.45. The molecule has 140 valence electrons. The van der Waals surface area contributed by atoms with E-state index in [1.165, 1.54) is 12.1 Å². The largest absolute Gasteiger partial charge is 0.253 e. The zero-order chi connectivity index (χ0) is 19.5. The number of hydrogen-bond donors (Lipinski definition) is 1. The van der Waals surface area contributed by atoms with Crippen LogP contribution in [-0.4, -0.2) is 16.8 Å². The summed E-state index contributed by atoms with van der Waals surface area (Å²) in [5.74, 6) is -0.408. The van der Waals surface area contributed by atoms with Crippen molar-refractivity contribution in [1.82, 2.24) is 4.13 Å². The Morgan fingerprint density at radius 3 is 2.04 bits per heavy atom. The number of hydrogen-bond acceptors (Lipinski definition) is 4. The van der Waals surface area contributed by atoms with Crippen molar-refractivity contribution in [3.8, 4) is 11.1 Å². The molecule has 27 heavy (non-hydrogen) atoms. The summed E-state index contributed by atoms with van der Waals surface area (Å²) in [6, 6.07) is 22.4. The molecule has 7 heteroatoms. The van der Waals surface area contributed by atoms with E-state index in [1.807, 2.05) is 35.3 Å². The number of rotatable bonds is 6. The van der Waals surface area contributed by atoms with Gasteiger partial charge in [0.05, 0.1) is 10.6 Å². The predicted molar refractivity (Wildman–Crippen MR) is 106 cm³/mol. The smallest absolute Gasteiger partial charge is 0.211 e. The van der Waals surface area contributed by atoms with Crippen LogP contribution in [0.3, 0.4) is 0 Å². The summed E-state index contributed by atoms with van der Waals surface area (Å²) in [6.07, 6.45) is 0. The molecule has 3 aromatic carbocycles. The van der Waals surface area contributed by atoms with Crippen molar-refractivity contribution in [2.75, 3.05) is 0 Å². The normalized spacial score (nSPS) is 12.0. The Balaban J connectivity index is 1.80. The highest BCUT2D eigenvalue weighted by molar-refractivity contribution is 8.04. The lowest BCUT2D eigenvalue weighted by atomic mass is 10.0. The highest BCUT2D eigenvalue weighted by Gasteiger charge is 2.23. The molecular weight excluding hydrogens is 382 g/mol. The maximum Gasteiger partial charge on any atom is 0.253 e. The topological polar surface area (TPSA) is 80.3 Å². The molecule has 0 unspecified atom stereocenters. The molecule has 0 atom stereocenters. The van der Waals surface area contributed by atoms with Crippen LogP contribution >= 0.6 is 0 Å². The second kappa shape index (κ2) is 7.64. The van der Waals surface area contributed by atoms with Gasteiger partial charge in [0.1, 0.15) is 0 Å². The standard InChI is InChI=1S/C20H19NO4S2/c1-16-6-5-9-19(14-16)18-10-12-20(13-11-18)27(24,25)21-26(22,23)15-17-7-3-2-4-8-17/h2-14,21H,15H2,1H3. The maximum absolute atomic E-state index is 12.4. The molecule has 0 saturated heterocycles. The second-order valence-corrected chi connectivity index (χ2v) is 9.89. The molecule has 3 rings (SSSR count). The van der Waals surface area contributed by atoms with Gasteiger partial charge in [-0.15, -0.1) is 4.13 Å². The van der Waals surface area contributed by atoms with Gasteiger partial charge in [0.2, 0.25) is 10.0 Å². The van der Waals surface area contributed by atoms with Gasteiger partial charge in [-0.25, -0.2) is 16.8 Å². The van der Waals surface area contributed by atoms with Crippen molar-refractivity contribution < 1.29 is 16.8 Å². The Morgan fingerprint density at radius 1 is 0.741 bits per heavy atom. The minimum atomic E-state index is -4.18. The molecule has 0 radical (unpaired) electrons. The van der Waals surface area contributed by atoms with Crippen molar-refractivity contribution in [3.05, 3.63) is 90.0 Å². The first-order chi connectivity index (χ1) is 12.8. The van der Waals surface area contributed by atoms with Gasteiger partial charge in [-0.2, -0.15) is 0 Å². The zero-order valence-electron chi connectivity index (χ0n) is 14.7. The molecule has 0 spiro atoms. The van der Waals surface area contributed by atoms with Crippen LogP contribution in [0.2, 0.25) is 0 Å². The Kier molecular flexibility index (Phi) is 5.46. The van der Waals surface area contributed by atoms with E-state index in [0.717, 1.165) is 16.7 Å². The van der Waals surface area contributed by atoms with Crippen LogP contribution in [0.5, 0.6) is 0 Å². The van der Waals surface area contributed by atoms with Gasteiger partial charge in [0.15, 0.2) is 0 Å². The van der Waals surface area contributed by atoms with Gasteiger partial charge >= 0.3 is 0 Å². The van der Waals surface area contributed by atoms with E-state index in [9.17, 15) is 16.8 Å². The molecule has 0 amide bonds. The van der Waals surface area contributed by atoms with Gasteiger partial charge in [-0.05, 0) is 35.7 Å². The first kappa shape index (κ1) is 19.3. The number of aryl methyl sites for hydroxylation is 1. The van der Waals surface area contributed by atoms with Crippen LogP contribution in [0, 0.1) is 6.92 Å². The lowest BCUT2D eigenvalue weighted by Gasteiger charge is -2.09. The molecule has 0 aliphatic carbocycles. The Labute approximate surface area is 159 Å². The van der Waals surface area contributed by atoms with Crippen LogP contribution in [0.4, 0.5) is 0 Å². The summed E-state index contributed by atoms with van der Waals surface area (Å²) in [5, 5.41) is 0. The van der Waals surface area contributed by atoms with E-state index in [2.05, 4.69) is 0 Å². The lowest BCUT2D eigenvalue weighted by Crippen LogP contribution is -2.31. The fourth-order valence-corrected chi connectivity index (χ4v) is 5.77. The highest BCUT2D eigenvalue weighted by atomic mass is 32.3. The summed E-state index contributed by atoms with van der Waals surface area (Å²) in [7, 11) is -8.23. The van der Waals surface area contributed by atoms with E-state index in [0.29, 0.717) is 5.56 Å². The van der Waals surface area contributed by atoms with Crippen LogP contribution in [0.1, 0.15) is 11.1 Å². The van der Waals surface area contributed by atoms with Crippen LogP contribution in [0.15, 0.2) is 83.8 Å². The van der Waals surface area contributed by atoms with Gasteiger partial charge in [0, 0.05) is 0 Å². The number of benzene rings is 3. The molecular formula is C20H19NO4S2. The Hall–Kier alpha value is -2.48. The molecule has 0 bridgehead atoms. The summed E-state index contributed by atoms with van der Waals surface area (Å²) in [4.78, 5) is -0.101. The van der Waals surface area contributed by atoms with Crippen molar-refractivity contribution in [2.45, 2.75) is 17.6 Å². The monoisotopic (exact) mass is 401 g/mol. The summed E-state index contributed by atoms with van der Waals surface area (Å²) in [5.41, 5.74) is 3.42. The fraction of sp³-hybridized carbons (Fsp3) is 0.100. The third kappa shape index (κ3) is 5.03. The average molecular weight is 402 g/mol. The molecule has 3 aromatic rings. The summed E-state index contributed by atoms with van der Waals surface area (Å²) in [6.45, 7) is 1.98. The molecule has 5 nitrogen and oxygen atoms in total. The lowest BCUT2D eigenvalue weighted by molar-refractivity contribution is 0.576. The maximum atomic E-state index is 12.4. The predicted octanol–water partition coefficient (Wildman–Crippen LogP) is 3.47. The quantitative estimate of drug-likeness (QED) is 0.686. The highest BCUT2D eigenvalue weighted by Crippen LogP contribution is 2.22. The molecule has 0 aliphatic rings. The minimum absolute atomic E-state index is 0.101. The molecule has 0 saturated carbocycles. The van der Waals surface area contributed by atoms with Crippen LogP contribution in [-0.2, 0) is 25.8 Å². The van der Waals surface area contributed by atoms with E-state index in [4.69, 9.17) is 0 Å². The molecule has 0 heterocycles. The first-order valence-electron chi connectivity index (χ1n) is 8.22. The fourth-order valence-electron chi connectivity index (χ4n) is 2.69.